The van der Waals surface area contributed by atoms with Gasteiger partial charge in [-0.2, -0.15) is 5.10 Å². The summed E-state index contributed by atoms with van der Waals surface area (Å²) >= 11 is 0. The number of hydrogen-bond donors (Lipinski definition) is 1. The third kappa shape index (κ3) is 3.16. The summed E-state index contributed by atoms with van der Waals surface area (Å²) in [5.74, 6) is -0.657. The van der Waals surface area contributed by atoms with Crippen molar-refractivity contribution >= 4 is 11.7 Å². The van der Waals surface area contributed by atoms with Gasteiger partial charge >= 0.3 is 5.97 Å². The fourth-order valence-electron chi connectivity index (χ4n) is 2.34. The van der Waals surface area contributed by atoms with E-state index in [0.29, 0.717) is 17.8 Å². The van der Waals surface area contributed by atoms with E-state index >= 15 is 0 Å². The van der Waals surface area contributed by atoms with Gasteiger partial charge in [-0.25, -0.2) is 4.79 Å². The van der Waals surface area contributed by atoms with E-state index in [1.165, 1.54) is 0 Å². The third-order valence-electron chi connectivity index (χ3n) is 3.36. The molecule has 0 bridgehead atoms. The summed E-state index contributed by atoms with van der Waals surface area (Å²) in [5, 5.41) is 16.7. The number of aryl methyl sites for hydroxylation is 1. The van der Waals surface area contributed by atoms with Gasteiger partial charge in [-0.15, -0.1) is 0 Å². The first-order valence-corrected chi connectivity index (χ1v) is 7.06. The zero-order valence-corrected chi connectivity index (χ0v) is 12.9. The topological polar surface area (TPSA) is 76.7 Å². The zero-order chi connectivity index (χ0) is 16.1. The fourth-order valence-corrected chi connectivity index (χ4v) is 2.34. The van der Waals surface area contributed by atoms with E-state index in [2.05, 4.69) is 10.3 Å². The summed E-state index contributed by atoms with van der Waals surface area (Å²) < 4.78 is 6.70. The van der Waals surface area contributed by atoms with Gasteiger partial charge in [-0.3, -0.25) is 4.68 Å². The first-order valence-electron chi connectivity index (χ1n) is 7.06. The monoisotopic (exact) mass is 301 g/mol. The van der Waals surface area contributed by atoms with Gasteiger partial charge in [0.25, 0.3) is 0 Å². The molecule has 1 aromatic carbocycles. The summed E-state index contributed by atoms with van der Waals surface area (Å²) in [5.41, 5.74) is 2.86. The summed E-state index contributed by atoms with van der Waals surface area (Å²) in [6, 6.07) is 9.88. The molecule has 0 aliphatic carbocycles. The molecule has 1 N–H and O–H groups in total. The number of oxime groups is 1. The molecule has 0 atom stereocenters. The smallest absolute Gasteiger partial charge is 0.361 e. The summed E-state index contributed by atoms with van der Waals surface area (Å²) in [6.07, 6.45) is 0. The van der Waals surface area contributed by atoms with Crippen molar-refractivity contribution in [3.05, 3.63) is 52.8 Å². The van der Waals surface area contributed by atoms with E-state index in [1.807, 2.05) is 37.3 Å². The Morgan fingerprint density at radius 1 is 1.32 bits per heavy atom. The molecule has 6 heteroatoms. The average molecular weight is 301 g/mol. The second kappa shape index (κ2) is 6.89. The number of rotatable bonds is 5. The first kappa shape index (κ1) is 15.8. The van der Waals surface area contributed by atoms with Crippen molar-refractivity contribution in [2.24, 2.45) is 5.16 Å². The third-order valence-corrected chi connectivity index (χ3v) is 3.36. The maximum Gasteiger partial charge on any atom is 0.361 e. The molecule has 0 radical (unpaired) electrons. The second-order valence-corrected chi connectivity index (χ2v) is 4.86. The van der Waals surface area contributed by atoms with Gasteiger partial charge in [0.05, 0.1) is 24.4 Å². The molecule has 0 saturated carbocycles. The number of carbonyl (C=O) groups is 1. The molecule has 0 saturated heterocycles. The predicted octanol–water partition coefficient (Wildman–Crippen LogP) is 2.29. The zero-order valence-electron chi connectivity index (χ0n) is 12.9. The van der Waals surface area contributed by atoms with Gasteiger partial charge in [0.2, 0.25) is 0 Å². The molecule has 0 spiro atoms. The molecular weight excluding hydrogens is 282 g/mol. The quantitative estimate of drug-likeness (QED) is 0.398. The van der Waals surface area contributed by atoms with Crippen molar-refractivity contribution in [3.63, 3.8) is 0 Å². The maximum atomic E-state index is 11.9. The molecule has 116 valence electrons. The SMILES string of the molecule is CCOC(=O)/C(=N/O)c1c(C)nn(Cc2ccccc2)c1C. The molecule has 0 aliphatic rings. The lowest BCUT2D eigenvalue weighted by molar-refractivity contribution is -0.135. The van der Waals surface area contributed by atoms with Crippen molar-refractivity contribution < 1.29 is 14.7 Å². The second-order valence-electron chi connectivity index (χ2n) is 4.86. The molecule has 0 aliphatic heterocycles. The molecule has 2 aromatic rings. The minimum atomic E-state index is -0.657. The molecule has 6 nitrogen and oxygen atoms in total. The first-order chi connectivity index (χ1) is 10.6. The Kier molecular flexibility index (Phi) is 4.93. The lowest BCUT2D eigenvalue weighted by Gasteiger charge is -2.06. The van der Waals surface area contributed by atoms with Crippen LogP contribution in [0.4, 0.5) is 0 Å². The number of aromatic nitrogens is 2. The van der Waals surface area contributed by atoms with Crippen LogP contribution in [0.25, 0.3) is 0 Å². The lowest BCUT2D eigenvalue weighted by Crippen LogP contribution is -2.20. The number of ether oxygens (including phenoxy) is 1. The number of nitrogens with zero attached hydrogens (tertiary/aromatic N) is 3. The Morgan fingerprint density at radius 3 is 2.59 bits per heavy atom. The Bertz CT molecular complexity index is 690. The van der Waals surface area contributed by atoms with E-state index in [9.17, 15) is 10.0 Å². The highest BCUT2D eigenvalue weighted by molar-refractivity contribution is 6.43. The van der Waals surface area contributed by atoms with Crippen molar-refractivity contribution in [1.82, 2.24) is 9.78 Å². The Balaban J connectivity index is 2.36. The van der Waals surface area contributed by atoms with E-state index in [1.54, 1.807) is 18.5 Å². The van der Waals surface area contributed by atoms with Crippen molar-refractivity contribution in [2.45, 2.75) is 27.3 Å². The van der Waals surface area contributed by atoms with Crippen LogP contribution in [0.5, 0.6) is 0 Å². The van der Waals surface area contributed by atoms with Crippen LogP contribution in [0, 0.1) is 13.8 Å². The van der Waals surface area contributed by atoms with Crippen LogP contribution in [0.3, 0.4) is 0 Å². The molecule has 1 heterocycles. The van der Waals surface area contributed by atoms with Gasteiger partial charge < -0.3 is 9.94 Å². The number of esters is 1. The van der Waals surface area contributed by atoms with Gasteiger partial charge in [0.15, 0.2) is 5.71 Å². The van der Waals surface area contributed by atoms with Crippen molar-refractivity contribution in [1.29, 1.82) is 0 Å². The standard InChI is InChI=1S/C16H19N3O3/c1-4-22-16(20)15(18-21)14-11(2)17-19(12(14)3)10-13-8-6-5-7-9-13/h5-9,21H,4,10H2,1-3H3/b18-15+. The van der Waals surface area contributed by atoms with Crippen LogP contribution in [-0.4, -0.2) is 33.3 Å². The van der Waals surface area contributed by atoms with Gasteiger partial charge in [0, 0.05) is 5.69 Å². The normalized spacial score (nSPS) is 11.5. The largest absolute Gasteiger partial charge is 0.461 e. The van der Waals surface area contributed by atoms with Crippen LogP contribution in [0.2, 0.25) is 0 Å². The Labute approximate surface area is 129 Å². The number of hydrogen-bond acceptors (Lipinski definition) is 5. The molecular formula is C16H19N3O3. The van der Waals surface area contributed by atoms with E-state index < -0.39 is 5.97 Å². The van der Waals surface area contributed by atoms with Crippen LogP contribution >= 0.6 is 0 Å². The van der Waals surface area contributed by atoms with E-state index in [0.717, 1.165) is 11.3 Å². The Morgan fingerprint density at radius 2 is 2.00 bits per heavy atom. The molecule has 0 unspecified atom stereocenters. The molecule has 0 fully saturated rings. The highest BCUT2D eigenvalue weighted by Crippen LogP contribution is 2.17. The van der Waals surface area contributed by atoms with Gasteiger partial charge in [-0.05, 0) is 26.3 Å². The minimum absolute atomic E-state index is 0.115. The molecule has 0 amide bonds. The minimum Gasteiger partial charge on any atom is -0.461 e. The number of benzene rings is 1. The fraction of sp³-hybridized carbons (Fsp3) is 0.312. The average Bonchev–Trinajstić information content (AvgIpc) is 2.77. The van der Waals surface area contributed by atoms with Crippen LogP contribution in [0.15, 0.2) is 35.5 Å². The summed E-state index contributed by atoms with van der Waals surface area (Å²) in [7, 11) is 0. The van der Waals surface area contributed by atoms with E-state index in [4.69, 9.17) is 4.74 Å². The Hall–Kier alpha value is -2.63. The van der Waals surface area contributed by atoms with Crippen LogP contribution < -0.4 is 0 Å². The highest BCUT2D eigenvalue weighted by atomic mass is 16.5. The van der Waals surface area contributed by atoms with Gasteiger partial charge in [-0.1, -0.05) is 35.5 Å². The predicted molar refractivity (Wildman–Crippen MR) is 82.2 cm³/mol. The van der Waals surface area contributed by atoms with Crippen LogP contribution in [-0.2, 0) is 16.1 Å². The van der Waals surface area contributed by atoms with Crippen LogP contribution in [0.1, 0.15) is 29.4 Å². The molecule has 1 aromatic heterocycles. The summed E-state index contributed by atoms with van der Waals surface area (Å²) in [6.45, 7) is 6.10. The van der Waals surface area contributed by atoms with Gasteiger partial charge in [0.1, 0.15) is 0 Å². The maximum absolute atomic E-state index is 11.9. The highest BCUT2D eigenvalue weighted by Gasteiger charge is 2.24. The molecule has 2 rings (SSSR count). The van der Waals surface area contributed by atoms with Crippen molar-refractivity contribution in [3.8, 4) is 0 Å². The van der Waals surface area contributed by atoms with E-state index in [-0.39, 0.29) is 12.3 Å². The number of carbonyl (C=O) groups excluding carboxylic acids is 1. The lowest BCUT2D eigenvalue weighted by atomic mass is 10.1. The summed E-state index contributed by atoms with van der Waals surface area (Å²) in [4.78, 5) is 11.9. The van der Waals surface area contributed by atoms with Crippen molar-refractivity contribution in [2.75, 3.05) is 6.61 Å². The molecule has 22 heavy (non-hydrogen) atoms.